The Morgan fingerprint density at radius 2 is 2.36 bits per heavy atom. The van der Waals surface area contributed by atoms with Crippen LogP contribution < -0.4 is 5.32 Å². The molecule has 0 bridgehead atoms. The fourth-order valence-corrected chi connectivity index (χ4v) is 1.22. The molecule has 0 radical (unpaired) electrons. The quantitative estimate of drug-likeness (QED) is 0.652. The minimum atomic E-state index is -0.458. The Morgan fingerprint density at radius 3 is 2.86 bits per heavy atom. The van der Waals surface area contributed by atoms with Crippen molar-refractivity contribution in [2.45, 2.75) is 19.3 Å². The van der Waals surface area contributed by atoms with Gasteiger partial charge in [0.1, 0.15) is 6.61 Å². The normalized spacial score (nSPS) is 11.4. The molecule has 1 heterocycles. The second-order valence-electron chi connectivity index (χ2n) is 3.90. The van der Waals surface area contributed by atoms with Gasteiger partial charge in [0.2, 0.25) is 5.91 Å². The van der Waals surface area contributed by atoms with Gasteiger partial charge >= 0.3 is 0 Å². The maximum atomic E-state index is 10.9. The lowest BCUT2D eigenvalue weighted by Gasteiger charge is -2.23. The number of hydrogen-bond donors (Lipinski definition) is 3. The van der Waals surface area contributed by atoms with Crippen molar-refractivity contribution >= 4 is 5.91 Å². The summed E-state index contributed by atoms with van der Waals surface area (Å²) in [4.78, 5) is 14.0. The van der Waals surface area contributed by atoms with Gasteiger partial charge in [-0.25, -0.2) is 0 Å². The largest absolute Gasteiger partial charge is 0.387 e. The summed E-state index contributed by atoms with van der Waals surface area (Å²) in [5.74, 6) is -0.343. The van der Waals surface area contributed by atoms with Crippen LogP contribution in [-0.2, 0) is 10.2 Å². The highest BCUT2D eigenvalue weighted by Gasteiger charge is 2.21. The molecule has 0 aliphatic carbocycles. The van der Waals surface area contributed by atoms with Crippen molar-refractivity contribution in [3.8, 4) is 0 Å². The van der Waals surface area contributed by atoms with E-state index < -0.39 is 6.61 Å². The number of aliphatic hydroxyl groups excluding tert-OH is 1. The summed E-state index contributed by atoms with van der Waals surface area (Å²) < 4.78 is 0. The first-order chi connectivity index (χ1) is 6.56. The zero-order chi connectivity index (χ0) is 10.6. The summed E-state index contributed by atoms with van der Waals surface area (Å²) in [6.07, 6.45) is 1.85. The van der Waals surface area contributed by atoms with Gasteiger partial charge in [-0.2, -0.15) is 0 Å². The van der Waals surface area contributed by atoms with Crippen molar-refractivity contribution in [3.63, 3.8) is 0 Å². The molecule has 0 aliphatic rings. The zero-order valence-corrected chi connectivity index (χ0v) is 8.50. The lowest BCUT2D eigenvalue weighted by Crippen LogP contribution is -2.38. The standard InChI is InChI=1S/C10H16N2O2/c1-10(2,7-12-9(14)6-13)8-4-3-5-11-8/h3-5,11,13H,6-7H2,1-2H3,(H,12,14). The van der Waals surface area contributed by atoms with E-state index in [0.717, 1.165) is 5.69 Å². The van der Waals surface area contributed by atoms with Gasteiger partial charge < -0.3 is 15.4 Å². The summed E-state index contributed by atoms with van der Waals surface area (Å²) in [5, 5.41) is 11.2. The van der Waals surface area contributed by atoms with E-state index in [2.05, 4.69) is 10.3 Å². The van der Waals surface area contributed by atoms with E-state index >= 15 is 0 Å². The Bertz CT molecular complexity index is 291. The maximum absolute atomic E-state index is 10.9. The second-order valence-corrected chi connectivity index (χ2v) is 3.90. The molecular formula is C10H16N2O2. The number of carbonyl (C=O) groups excluding carboxylic acids is 1. The molecule has 0 fully saturated rings. The summed E-state index contributed by atoms with van der Waals surface area (Å²) in [7, 11) is 0. The van der Waals surface area contributed by atoms with E-state index in [9.17, 15) is 4.79 Å². The SMILES string of the molecule is CC(C)(CNC(=O)CO)c1ccc[nH]1. The van der Waals surface area contributed by atoms with Crippen molar-refractivity contribution in [2.24, 2.45) is 0 Å². The molecule has 0 unspecified atom stereocenters. The van der Waals surface area contributed by atoms with Gasteiger partial charge in [0.25, 0.3) is 0 Å². The summed E-state index contributed by atoms with van der Waals surface area (Å²) in [6, 6.07) is 3.90. The molecular weight excluding hydrogens is 180 g/mol. The van der Waals surface area contributed by atoms with Gasteiger partial charge in [-0.15, -0.1) is 0 Å². The van der Waals surface area contributed by atoms with E-state index in [-0.39, 0.29) is 11.3 Å². The molecule has 0 aromatic carbocycles. The third-order valence-corrected chi connectivity index (χ3v) is 2.20. The molecule has 14 heavy (non-hydrogen) atoms. The lowest BCUT2D eigenvalue weighted by molar-refractivity contribution is -0.124. The van der Waals surface area contributed by atoms with E-state index in [4.69, 9.17) is 5.11 Å². The first-order valence-electron chi connectivity index (χ1n) is 4.58. The Morgan fingerprint density at radius 1 is 1.64 bits per heavy atom. The second kappa shape index (κ2) is 4.28. The molecule has 1 aromatic heterocycles. The minimum Gasteiger partial charge on any atom is -0.387 e. The molecule has 1 aromatic rings. The first kappa shape index (κ1) is 10.8. The zero-order valence-electron chi connectivity index (χ0n) is 8.50. The molecule has 3 N–H and O–H groups in total. The molecule has 4 heteroatoms. The van der Waals surface area contributed by atoms with Crippen molar-refractivity contribution in [1.29, 1.82) is 0 Å². The summed E-state index contributed by atoms with van der Waals surface area (Å²) in [6.45, 7) is 4.10. The highest BCUT2D eigenvalue weighted by molar-refractivity contribution is 5.76. The van der Waals surface area contributed by atoms with E-state index in [1.807, 2.05) is 32.2 Å². The lowest BCUT2D eigenvalue weighted by atomic mass is 9.89. The molecule has 0 aliphatic heterocycles. The van der Waals surface area contributed by atoms with Crippen LogP contribution in [0.25, 0.3) is 0 Å². The van der Waals surface area contributed by atoms with Crippen LogP contribution in [0.2, 0.25) is 0 Å². The Balaban J connectivity index is 2.54. The van der Waals surface area contributed by atoms with Gasteiger partial charge in [0.15, 0.2) is 0 Å². The Hall–Kier alpha value is -1.29. The molecule has 0 atom stereocenters. The number of nitrogens with one attached hydrogen (secondary N) is 2. The van der Waals surface area contributed by atoms with Gasteiger partial charge in [0.05, 0.1) is 0 Å². The number of aliphatic hydroxyl groups is 1. The smallest absolute Gasteiger partial charge is 0.245 e. The molecule has 4 nitrogen and oxygen atoms in total. The molecule has 78 valence electrons. The number of rotatable bonds is 4. The van der Waals surface area contributed by atoms with Crippen LogP contribution in [0.1, 0.15) is 19.5 Å². The van der Waals surface area contributed by atoms with Crippen LogP contribution in [0, 0.1) is 0 Å². The van der Waals surface area contributed by atoms with E-state index in [0.29, 0.717) is 6.54 Å². The number of hydrogen-bond acceptors (Lipinski definition) is 2. The number of aromatic amines is 1. The molecule has 0 spiro atoms. The average Bonchev–Trinajstić information content (AvgIpc) is 2.67. The molecule has 0 saturated heterocycles. The molecule has 0 saturated carbocycles. The molecule has 1 rings (SSSR count). The Labute approximate surface area is 83.3 Å². The van der Waals surface area contributed by atoms with Gasteiger partial charge in [-0.05, 0) is 12.1 Å². The van der Waals surface area contributed by atoms with Gasteiger partial charge in [0, 0.05) is 23.9 Å². The third-order valence-electron chi connectivity index (χ3n) is 2.20. The van der Waals surface area contributed by atoms with Crippen molar-refractivity contribution < 1.29 is 9.90 Å². The van der Waals surface area contributed by atoms with Crippen LogP contribution >= 0.6 is 0 Å². The van der Waals surface area contributed by atoms with Crippen LogP contribution in [0.3, 0.4) is 0 Å². The number of carbonyl (C=O) groups is 1. The number of amides is 1. The van der Waals surface area contributed by atoms with Crippen molar-refractivity contribution in [2.75, 3.05) is 13.2 Å². The summed E-state index contributed by atoms with van der Waals surface area (Å²) >= 11 is 0. The topological polar surface area (TPSA) is 65.1 Å². The van der Waals surface area contributed by atoms with Crippen molar-refractivity contribution in [3.05, 3.63) is 24.0 Å². The van der Waals surface area contributed by atoms with Gasteiger partial charge in [-0.1, -0.05) is 13.8 Å². The Kier molecular flexibility index (Phi) is 3.30. The fourth-order valence-electron chi connectivity index (χ4n) is 1.22. The number of H-pyrrole nitrogens is 1. The van der Waals surface area contributed by atoms with Crippen molar-refractivity contribution in [1.82, 2.24) is 10.3 Å². The average molecular weight is 196 g/mol. The van der Waals surface area contributed by atoms with Crippen LogP contribution in [-0.4, -0.2) is 29.1 Å². The maximum Gasteiger partial charge on any atom is 0.245 e. The summed E-state index contributed by atoms with van der Waals surface area (Å²) in [5.41, 5.74) is 0.921. The first-order valence-corrected chi connectivity index (χ1v) is 4.58. The fraction of sp³-hybridized carbons (Fsp3) is 0.500. The highest BCUT2D eigenvalue weighted by Crippen LogP contribution is 2.19. The molecule has 1 amide bonds. The van der Waals surface area contributed by atoms with Crippen LogP contribution in [0.15, 0.2) is 18.3 Å². The monoisotopic (exact) mass is 196 g/mol. The van der Waals surface area contributed by atoms with E-state index in [1.54, 1.807) is 0 Å². The highest BCUT2D eigenvalue weighted by atomic mass is 16.3. The predicted molar refractivity (Wildman–Crippen MR) is 53.9 cm³/mol. The third kappa shape index (κ3) is 2.60. The number of aromatic nitrogens is 1. The van der Waals surface area contributed by atoms with Crippen LogP contribution in [0.5, 0.6) is 0 Å². The van der Waals surface area contributed by atoms with Crippen LogP contribution in [0.4, 0.5) is 0 Å². The minimum absolute atomic E-state index is 0.145. The predicted octanol–water partition coefficient (Wildman–Crippen LogP) is 0.401. The van der Waals surface area contributed by atoms with Gasteiger partial charge in [-0.3, -0.25) is 4.79 Å². The van der Waals surface area contributed by atoms with E-state index in [1.165, 1.54) is 0 Å².